The molecule has 3 aromatic heterocycles. The van der Waals surface area contributed by atoms with Gasteiger partial charge in [-0.1, -0.05) is 70.2 Å². The van der Waals surface area contributed by atoms with Gasteiger partial charge in [0.15, 0.2) is 23.4 Å². The van der Waals surface area contributed by atoms with E-state index in [1.807, 2.05) is 64.2 Å². The molecular weight excluding hydrogens is 699 g/mol. The fourth-order valence-corrected chi connectivity index (χ4v) is 8.87. The average molecular weight is 738 g/mol. The smallest absolute Gasteiger partial charge is 0.249 e. The first-order valence-electron chi connectivity index (χ1n) is 18.7. The number of H-pyrrole nitrogens is 1. The molecule has 13 nitrogen and oxygen atoms in total. The van der Waals surface area contributed by atoms with Crippen LogP contribution in [0.1, 0.15) is 69.0 Å². The lowest BCUT2D eigenvalue weighted by molar-refractivity contribution is -0.133. The van der Waals surface area contributed by atoms with Gasteiger partial charge < -0.3 is 39.8 Å². The summed E-state index contributed by atoms with van der Waals surface area (Å²) in [7, 11) is 0. The van der Waals surface area contributed by atoms with E-state index in [2.05, 4.69) is 50.5 Å². The molecule has 10 rings (SSSR count). The highest BCUT2D eigenvalue weighted by atomic mass is 16.5. The second-order valence-electron chi connectivity index (χ2n) is 15.6. The summed E-state index contributed by atoms with van der Waals surface area (Å²) in [6, 6.07) is 15.8. The molecule has 3 amide bonds. The van der Waals surface area contributed by atoms with E-state index in [4.69, 9.17) is 23.5 Å². The van der Waals surface area contributed by atoms with E-state index in [0.29, 0.717) is 23.0 Å². The molecule has 13 heteroatoms. The Morgan fingerprint density at radius 1 is 0.964 bits per heavy atom. The van der Waals surface area contributed by atoms with Crippen LogP contribution in [0.2, 0.25) is 0 Å². The molecule has 1 spiro atoms. The summed E-state index contributed by atoms with van der Waals surface area (Å²) in [6.07, 6.45) is 3.16. The van der Waals surface area contributed by atoms with Crippen molar-refractivity contribution in [1.82, 2.24) is 30.9 Å². The Labute approximate surface area is 315 Å². The highest BCUT2D eigenvalue weighted by Crippen LogP contribution is 2.61. The van der Waals surface area contributed by atoms with Crippen molar-refractivity contribution in [3.63, 3.8) is 0 Å². The predicted octanol–water partition coefficient (Wildman–Crippen LogP) is 5.95. The van der Waals surface area contributed by atoms with Crippen molar-refractivity contribution < 1.29 is 28.0 Å². The maximum atomic E-state index is 14.4. The molecule has 55 heavy (non-hydrogen) atoms. The van der Waals surface area contributed by atoms with E-state index in [0.717, 1.165) is 50.0 Å². The number of hydrogen-bond donors (Lipinski definition) is 5. The number of carbonyl (C=O) groups is 3. The second kappa shape index (κ2) is 11.8. The molecule has 0 saturated heterocycles. The minimum atomic E-state index is -1.07. The van der Waals surface area contributed by atoms with Crippen LogP contribution in [0.25, 0.3) is 44.9 Å². The number of aromatic nitrogens is 3. The van der Waals surface area contributed by atoms with E-state index in [1.165, 1.54) is 6.92 Å². The Morgan fingerprint density at radius 3 is 2.58 bits per heavy atom. The van der Waals surface area contributed by atoms with Crippen molar-refractivity contribution in [2.24, 2.45) is 11.8 Å². The highest BCUT2D eigenvalue weighted by Gasteiger charge is 2.61. The van der Waals surface area contributed by atoms with Gasteiger partial charge >= 0.3 is 0 Å². The fraction of sp³-hybridized carbons (Fsp3) is 0.310. The van der Waals surface area contributed by atoms with E-state index in [-0.39, 0.29) is 35.9 Å². The molecule has 0 fully saturated rings. The van der Waals surface area contributed by atoms with Gasteiger partial charge in [0.2, 0.25) is 29.5 Å². The number of para-hydroxylation sites is 1. The summed E-state index contributed by atoms with van der Waals surface area (Å²) in [5, 5.41) is 13.6. The molecule has 7 heterocycles. The molecule has 5 atom stereocenters. The van der Waals surface area contributed by atoms with Crippen LogP contribution in [0.4, 0.5) is 5.69 Å². The van der Waals surface area contributed by atoms with Crippen LogP contribution >= 0.6 is 0 Å². The number of anilines is 1. The molecule has 0 radical (unpaired) electrons. The third-order valence-electron chi connectivity index (χ3n) is 11.5. The van der Waals surface area contributed by atoms with E-state index >= 15 is 0 Å². The Bertz CT molecular complexity index is 2600. The topological polar surface area (TPSA) is 176 Å². The first-order valence-corrected chi connectivity index (χ1v) is 18.7. The number of amides is 3. The Morgan fingerprint density at radius 2 is 1.78 bits per heavy atom. The lowest BCUT2D eigenvalue weighted by Crippen LogP contribution is -2.56. The molecule has 3 unspecified atom stereocenters. The molecule has 0 aliphatic carbocycles. The molecule has 10 bridgehead atoms. The minimum absolute atomic E-state index is 0.169. The second-order valence-corrected chi connectivity index (χ2v) is 15.6. The van der Waals surface area contributed by atoms with Gasteiger partial charge in [0.25, 0.3) is 0 Å². The van der Waals surface area contributed by atoms with Gasteiger partial charge in [0.05, 0.1) is 6.20 Å². The number of fused-ring (bicyclic) bond motifs is 7. The maximum absolute atomic E-state index is 14.4. The van der Waals surface area contributed by atoms with E-state index < -0.39 is 41.6 Å². The Kier molecular flexibility index (Phi) is 7.13. The largest absolute Gasteiger partial charge is 0.469 e. The number of aromatic amines is 1. The molecular formula is C42H39N7O6. The third-order valence-corrected chi connectivity index (χ3v) is 11.5. The quantitative estimate of drug-likeness (QED) is 0.143. The molecule has 3 aromatic carbocycles. The number of nitrogens with zero attached hydrogens (tertiary/aromatic N) is 2. The number of carbonyl (C=O) groups excluding carboxylic acids is 3. The van der Waals surface area contributed by atoms with Crippen molar-refractivity contribution in [2.75, 3.05) is 5.32 Å². The van der Waals surface area contributed by atoms with Gasteiger partial charge in [-0.3, -0.25) is 14.4 Å². The van der Waals surface area contributed by atoms with Crippen molar-refractivity contribution >= 4 is 34.3 Å². The number of hydrogen-bond acceptors (Lipinski definition) is 9. The molecule has 278 valence electrons. The summed E-state index contributed by atoms with van der Waals surface area (Å²) in [6.45, 7) is 9.00. The SMILES string of the molecule is CC(=O)N[C@H](C(=O)NC1Cc2ccc3c(c2)C24c5cccc(c5NC2O3)-c2cccc3[nH]cc(c23)-c2cnc(o2)-c2nc(oc24)[C@H](C(C)C)NC1=O)C(C)C. The lowest BCUT2D eigenvalue weighted by Gasteiger charge is -2.29. The van der Waals surface area contributed by atoms with Gasteiger partial charge in [-0.15, -0.1) is 0 Å². The molecule has 4 aliphatic heterocycles. The molecule has 4 aliphatic rings. The van der Waals surface area contributed by atoms with Crippen LogP contribution in [0, 0.1) is 11.8 Å². The maximum Gasteiger partial charge on any atom is 0.249 e. The normalized spacial score (nSPS) is 21.9. The van der Waals surface area contributed by atoms with Crippen LogP contribution in [-0.2, 0) is 26.2 Å². The van der Waals surface area contributed by atoms with Crippen molar-refractivity contribution in [2.45, 2.75) is 70.8 Å². The summed E-state index contributed by atoms with van der Waals surface area (Å²) in [5.41, 5.74) is 6.57. The van der Waals surface area contributed by atoms with Gasteiger partial charge in [0, 0.05) is 58.4 Å². The highest BCUT2D eigenvalue weighted by molar-refractivity contribution is 6.07. The van der Waals surface area contributed by atoms with Crippen molar-refractivity contribution in [1.29, 1.82) is 0 Å². The summed E-state index contributed by atoms with van der Waals surface area (Å²) < 4.78 is 20.5. The van der Waals surface area contributed by atoms with Crippen LogP contribution < -0.4 is 26.0 Å². The standard InChI is InChI=1S/C42H39N7O6/c1-18(2)32(45-20(5)50)38(52)46-28-15-21-12-13-29-26(14-21)42-25-10-6-9-23(34(25)49-41(42)54-29)22-8-7-11-27-31(22)24(16-43-27)30-17-44-39(53-30)35-36(42)55-40(48-35)33(19(3)4)47-37(28)51/h6-14,16-19,28,32-33,41,43,49H,15H2,1-5H3,(H,45,50)(H,46,52)(H,47,51)/t28?,32-,33-,41?,42?/m0/s1. The summed E-state index contributed by atoms with van der Waals surface area (Å²) in [5.74, 6) is 0.611. The summed E-state index contributed by atoms with van der Waals surface area (Å²) in [4.78, 5) is 53.5. The van der Waals surface area contributed by atoms with Crippen LogP contribution in [0.3, 0.4) is 0 Å². The monoisotopic (exact) mass is 737 g/mol. The number of nitrogens with one attached hydrogen (secondary N) is 5. The number of oxazole rings is 2. The van der Waals surface area contributed by atoms with E-state index in [1.54, 1.807) is 6.20 Å². The van der Waals surface area contributed by atoms with Gasteiger partial charge in [-0.05, 0) is 35.1 Å². The van der Waals surface area contributed by atoms with Crippen LogP contribution in [0.5, 0.6) is 5.75 Å². The predicted molar refractivity (Wildman–Crippen MR) is 203 cm³/mol. The number of ether oxygens (including phenoxy) is 1. The van der Waals surface area contributed by atoms with Gasteiger partial charge in [-0.25, -0.2) is 9.97 Å². The van der Waals surface area contributed by atoms with Crippen LogP contribution in [0.15, 0.2) is 75.8 Å². The van der Waals surface area contributed by atoms with Gasteiger partial charge in [-0.2, -0.15) is 0 Å². The zero-order valence-electron chi connectivity index (χ0n) is 30.9. The number of benzene rings is 3. The molecule has 5 N–H and O–H groups in total. The van der Waals surface area contributed by atoms with Crippen LogP contribution in [-0.4, -0.2) is 51.0 Å². The number of rotatable bonds is 5. The molecule has 0 saturated carbocycles. The Balaban J connectivity index is 1.23. The molecule has 6 aromatic rings. The van der Waals surface area contributed by atoms with E-state index in [9.17, 15) is 14.4 Å². The van der Waals surface area contributed by atoms with Gasteiger partial charge in [0.1, 0.15) is 29.3 Å². The first-order chi connectivity index (χ1) is 26.5. The summed E-state index contributed by atoms with van der Waals surface area (Å²) >= 11 is 0. The van der Waals surface area contributed by atoms with Crippen molar-refractivity contribution in [3.05, 3.63) is 95.3 Å². The zero-order valence-corrected chi connectivity index (χ0v) is 30.9. The Hall–Kier alpha value is -6.37. The zero-order chi connectivity index (χ0) is 37.9. The van der Waals surface area contributed by atoms with Crippen molar-refractivity contribution in [3.8, 4) is 39.8 Å². The fourth-order valence-electron chi connectivity index (χ4n) is 8.87. The third kappa shape index (κ3) is 4.74. The lowest BCUT2D eigenvalue weighted by atomic mass is 9.72. The minimum Gasteiger partial charge on any atom is -0.469 e. The first kappa shape index (κ1) is 33.2. The average Bonchev–Trinajstić information content (AvgIpc) is 3.98.